The second kappa shape index (κ2) is 9.54. The second-order valence-corrected chi connectivity index (χ2v) is 17.5. The van der Waals surface area contributed by atoms with Crippen LogP contribution >= 0.6 is 53.7 Å². The van der Waals surface area contributed by atoms with Gasteiger partial charge in [-0.1, -0.05) is 0 Å². The Labute approximate surface area is 309 Å². The molecule has 250 valence electrons. The summed E-state index contributed by atoms with van der Waals surface area (Å²) in [6.45, 7) is 0. The Hall–Kier alpha value is -4.81. The minimum atomic E-state index is -6.79. The molecule has 11 rings (SSSR count). The molecule has 8 aromatic rings. The van der Waals surface area contributed by atoms with E-state index in [0.29, 0.717) is 33.4 Å². The van der Waals surface area contributed by atoms with Gasteiger partial charge < -0.3 is 0 Å². The number of hydrogen-bond acceptors (Lipinski definition) is 6. The first-order valence-corrected chi connectivity index (χ1v) is 19.7. The molecule has 51 heavy (non-hydrogen) atoms. The molecule has 6 nitrogen and oxygen atoms in total. The van der Waals surface area contributed by atoms with Gasteiger partial charge in [0.1, 0.15) is 0 Å². The van der Waals surface area contributed by atoms with Gasteiger partial charge in [0.05, 0.1) is 0 Å². The molecule has 0 saturated carbocycles. The van der Waals surface area contributed by atoms with E-state index in [1.807, 2.05) is 121 Å². The normalized spacial score (nSPS) is 18.0. The quantitative estimate of drug-likeness (QED) is 0.0663. The van der Waals surface area contributed by atoms with Crippen LogP contribution in [0, 0.1) is 0 Å². The van der Waals surface area contributed by atoms with Crippen molar-refractivity contribution in [1.29, 1.82) is 0 Å². The van der Waals surface area contributed by atoms with Crippen molar-refractivity contribution in [1.82, 2.24) is 0 Å². The molecule has 1 spiro atoms. The Bertz CT molecular complexity index is 2750. The van der Waals surface area contributed by atoms with Crippen LogP contribution in [-0.4, -0.2) is 0 Å². The van der Waals surface area contributed by atoms with Crippen LogP contribution in [0.2, 0.25) is 20.1 Å². The maximum absolute atomic E-state index is 7.26. The molecule has 0 aliphatic carbocycles. The molecule has 0 atom stereocenters. The van der Waals surface area contributed by atoms with Crippen LogP contribution in [0.15, 0.2) is 121 Å². The first-order valence-electron chi connectivity index (χ1n) is 16.0. The standard InChI is InChI=1S/C40H20Cl4O6P/c41-33-34(42)36(44)40-39(35(33)43)49-51(50-40,47-37-27-15-7-5-13-25(27)26-14-6-8-16-28(26)38(37)48-51)45-29-19-17-21-9-1-3-11-23(21)31(29)32-24-12-4-2-10-22(24)18-20-30(32)46-51/h1-20H/q-1. The monoisotopic (exact) mass is 767 g/mol. The number of halogens is 4. The van der Waals surface area contributed by atoms with E-state index in [1.165, 1.54) is 0 Å². The molecule has 11 heteroatoms. The van der Waals surface area contributed by atoms with E-state index in [-0.39, 0.29) is 43.1 Å². The third-order valence-corrected chi connectivity index (χ3v) is 14.9. The molecule has 0 bridgehead atoms. The Morgan fingerprint density at radius 3 is 1.10 bits per heavy atom. The van der Waals surface area contributed by atoms with Crippen molar-refractivity contribution in [3.05, 3.63) is 141 Å². The van der Waals surface area contributed by atoms with E-state index in [1.54, 1.807) is 0 Å². The van der Waals surface area contributed by atoms with Gasteiger partial charge in [0, 0.05) is 0 Å². The minimum absolute atomic E-state index is 0.0549. The predicted octanol–water partition coefficient (Wildman–Crippen LogP) is 13.9. The van der Waals surface area contributed by atoms with Crippen molar-refractivity contribution in [2.75, 3.05) is 0 Å². The van der Waals surface area contributed by atoms with Crippen LogP contribution in [0.5, 0.6) is 34.5 Å². The average molecular weight is 769 g/mol. The number of benzene rings is 8. The number of hydrogen-bond donors (Lipinski definition) is 0. The Morgan fingerprint density at radius 1 is 0.314 bits per heavy atom. The van der Waals surface area contributed by atoms with Gasteiger partial charge in [-0.2, -0.15) is 0 Å². The predicted molar refractivity (Wildman–Crippen MR) is 206 cm³/mol. The molecule has 0 radical (unpaired) electrons. The van der Waals surface area contributed by atoms with Gasteiger partial charge in [-0.25, -0.2) is 0 Å². The van der Waals surface area contributed by atoms with Gasteiger partial charge in [-0.15, -0.1) is 0 Å². The van der Waals surface area contributed by atoms with E-state index in [0.717, 1.165) is 32.3 Å². The van der Waals surface area contributed by atoms with Crippen molar-refractivity contribution >= 4 is 96.8 Å². The molecule has 3 heterocycles. The van der Waals surface area contributed by atoms with E-state index in [4.69, 9.17) is 73.5 Å². The zero-order chi connectivity index (χ0) is 34.3. The van der Waals surface area contributed by atoms with Crippen molar-refractivity contribution in [2.45, 2.75) is 0 Å². The van der Waals surface area contributed by atoms with Gasteiger partial charge in [-0.05, 0) is 0 Å². The van der Waals surface area contributed by atoms with E-state index in [2.05, 4.69) is 0 Å². The summed E-state index contributed by atoms with van der Waals surface area (Å²) >= 11 is 27.0. The number of rotatable bonds is 0. The number of fused-ring (bicyclic) bond motifs is 14. The summed E-state index contributed by atoms with van der Waals surface area (Å²) in [6, 6.07) is 39.2. The summed E-state index contributed by atoms with van der Waals surface area (Å²) in [4.78, 5) is 0. The Kier molecular flexibility index (Phi) is 5.59. The fourth-order valence-corrected chi connectivity index (χ4v) is 12.5. The topological polar surface area (TPSA) is 55.4 Å². The summed E-state index contributed by atoms with van der Waals surface area (Å²) in [7, 11) is -6.79. The molecule has 0 saturated heterocycles. The molecular weight excluding hydrogens is 749 g/mol. The van der Waals surface area contributed by atoms with E-state index in [9.17, 15) is 0 Å². The second-order valence-electron chi connectivity index (χ2n) is 12.6. The third kappa shape index (κ3) is 3.69. The van der Waals surface area contributed by atoms with Gasteiger partial charge >= 0.3 is 311 Å². The summed E-state index contributed by atoms with van der Waals surface area (Å²) < 4.78 is 42.9. The molecule has 0 aromatic heterocycles. The molecule has 8 aromatic carbocycles. The SMILES string of the molecule is Clc1c(Cl)c(Cl)c2c(c1Cl)O[P-]13(Oc4ccc5ccccc5c4-c4c(ccc5ccccc45)O1)(O2)Oc1c(c2ccccc2c2ccccc12)O3. The average Bonchev–Trinajstić information content (AvgIpc) is 3.60. The van der Waals surface area contributed by atoms with Crippen LogP contribution < -0.4 is 27.1 Å². The zero-order valence-corrected chi connectivity index (χ0v) is 29.9. The molecule has 0 fully saturated rings. The van der Waals surface area contributed by atoms with E-state index < -0.39 is 7.31 Å². The van der Waals surface area contributed by atoms with E-state index >= 15 is 0 Å². The zero-order valence-electron chi connectivity index (χ0n) is 26.0. The first-order chi connectivity index (χ1) is 24.7. The Balaban J connectivity index is 1.33. The van der Waals surface area contributed by atoms with Gasteiger partial charge in [0.2, 0.25) is 0 Å². The summed E-state index contributed by atoms with van der Waals surface area (Å²) in [5, 5.41) is 6.62. The van der Waals surface area contributed by atoms with Crippen molar-refractivity contribution in [2.24, 2.45) is 0 Å². The maximum atomic E-state index is 7.26. The molecule has 0 amide bonds. The summed E-state index contributed by atoms with van der Waals surface area (Å²) in [5.41, 5.74) is 1.43. The summed E-state index contributed by atoms with van der Waals surface area (Å²) in [6.07, 6.45) is 0. The molecule has 3 aliphatic rings. The van der Waals surface area contributed by atoms with Crippen molar-refractivity contribution in [3.63, 3.8) is 0 Å². The Morgan fingerprint density at radius 2 is 0.667 bits per heavy atom. The van der Waals surface area contributed by atoms with Crippen molar-refractivity contribution in [3.8, 4) is 45.6 Å². The van der Waals surface area contributed by atoms with Crippen LogP contribution in [0.25, 0.3) is 54.2 Å². The fourth-order valence-electron chi connectivity index (χ4n) is 7.61. The van der Waals surface area contributed by atoms with Crippen LogP contribution in [-0.2, 0) is 0 Å². The molecule has 0 unspecified atom stereocenters. The fraction of sp³-hybridized carbons (Fsp3) is 0. The molecule has 0 N–H and O–H groups in total. The van der Waals surface area contributed by atoms with Crippen molar-refractivity contribution < 1.29 is 27.1 Å². The van der Waals surface area contributed by atoms with Gasteiger partial charge in [-0.3, -0.25) is 0 Å². The molecular formula is C40H20Cl4O6P-. The van der Waals surface area contributed by atoms with Gasteiger partial charge in [0.15, 0.2) is 0 Å². The van der Waals surface area contributed by atoms with Crippen LogP contribution in [0.3, 0.4) is 0 Å². The third-order valence-electron chi connectivity index (χ3n) is 9.73. The molecule has 3 aliphatic heterocycles. The first kappa shape index (κ1) is 29.9. The van der Waals surface area contributed by atoms with Gasteiger partial charge in [0.25, 0.3) is 0 Å². The summed E-state index contributed by atoms with van der Waals surface area (Å²) in [5.74, 6) is 0.947. The van der Waals surface area contributed by atoms with Crippen LogP contribution in [0.1, 0.15) is 0 Å². The van der Waals surface area contributed by atoms with Crippen LogP contribution in [0.4, 0.5) is 0 Å².